The third-order valence-electron chi connectivity index (χ3n) is 3.27. The number of methoxy groups -OCH3 is 1. The van der Waals surface area contributed by atoms with Crippen LogP contribution >= 0.6 is 34.5 Å². The quantitative estimate of drug-likeness (QED) is 0.731. The second-order valence-electron chi connectivity index (χ2n) is 4.80. The van der Waals surface area contributed by atoms with Crippen LogP contribution in [0, 0.1) is 0 Å². The highest BCUT2D eigenvalue weighted by atomic mass is 35.5. The molecule has 0 aliphatic carbocycles. The van der Waals surface area contributed by atoms with Gasteiger partial charge in [-0.05, 0) is 48.5 Å². The lowest BCUT2D eigenvalue weighted by atomic mass is 10.0. The first-order valence-corrected chi connectivity index (χ1v) is 8.58. The van der Waals surface area contributed by atoms with Gasteiger partial charge in [0.05, 0.1) is 12.0 Å². The molecule has 1 N–H and O–H groups in total. The predicted molar refractivity (Wildman–Crippen MR) is 92.1 cm³/mol. The van der Waals surface area contributed by atoms with Crippen molar-refractivity contribution in [2.45, 2.75) is 25.8 Å². The summed E-state index contributed by atoms with van der Waals surface area (Å²) in [4.78, 5) is 1.21. The number of thiophene rings is 1. The molecule has 21 heavy (non-hydrogen) atoms. The maximum Gasteiger partial charge on any atom is 0.134 e. The normalized spacial score (nSPS) is 12.4. The van der Waals surface area contributed by atoms with Crippen molar-refractivity contribution in [2.75, 3.05) is 13.7 Å². The number of nitrogens with one attached hydrogen (secondary N) is 1. The van der Waals surface area contributed by atoms with Gasteiger partial charge in [-0.25, -0.2) is 0 Å². The van der Waals surface area contributed by atoms with Gasteiger partial charge < -0.3 is 10.1 Å². The van der Waals surface area contributed by atoms with Crippen LogP contribution < -0.4 is 10.1 Å². The molecule has 0 aliphatic heterocycles. The highest BCUT2D eigenvalue weighted by Crippen LogP contribution is 2.34. The lowest BCUT2D eigenvalue weighted by molar-refractivity contribution is 0.402. The molecule has 0 radical (unpaired) electrons. The first-order valence-electron chi connectivity index (χ1n) is 6.94. The smallest absolute Gasteiger partial charge is 0.134 e. The number of halogens is 2. The Balaban J connectivity index is 2.24. The minimum Gasteiger partial charge on any atom is -0.496 e. The molecular formula is C16H19Cl2NOS. The first-order chi connectivity index (χ1) is 10.2. The molecule has 2 aromatic rings. The van der Waals surface area contributed by atoms with Gasteiger partial charge >= 0.3 is 0 Å². The first kappa shape index (κ1) is 16.6. The van der Waals surface area contributed by atoms with Crippen molar-refractivity contribution < 1.29 is 4.74 Å². The van der Waals surface area contributed by atoms with Crippen molar-refractivity contribution in [3.63, 3.8) is 0 Å². The fourth-order valence-corrected chi connectivity index (χ4v) is 3.64. The molecule has 0 spiro atoms. The maximum atomic E-state index is 6.30. The average Bonchev–Trinajstić information content (AvgIpc) is 2.94. The Morgan fingerprint density at radius 2 is 2.10 bits per heavy atom. The third-order valence-corrected chi connectivity index (χ3v) is 4.87. The molecule has 0 saturated heterocycles. The molecule has 1 atom stereocenters. The van der Waals surface area contributed by atoms with E-state index in [0.29, 0.717) is 10.0 Å². The summed E-state index contributed by atoms with van der Waals surface area (Å²) in [5.41, 5.74) is 1.09. The van der Waals surface area contributed by atoms with Crippen molar-refractivity contribution in [3.8, 4) is 5.75 Å². The van der Waals surface area contributed by atoms with Crippen LogP contribution in [-0.2, 0) is 6.42 Å². The topological polar surface area (TPSA) is 21.3 Å². The van der Waals surface area contributed by atoms with Gasteiger partial charge in [0.25, 0.3) is 0 Å². The second kappa shape index (κ2) is 8.04. The zero-order chi connectivity index (χ0) is 15.2. The summed E-state index contributed by atoms with van der Waals surface area (Å²) in [6.07, 6.45) is 1.89. The van der Waals surface area contributed by atoms with E-state index < -0.39 is 0 Å². The molecule has 2 nitrogen and oxygen atoms in total. The van der Waals surface area contributed by atoms with E-state index in [0.717, 1.165) is 30.7 Å². The Kier molecular flexibility index (Phi) is 6.37. The number of ether oxygens (including phenoxy) is 1. The molecule has 1 heterocycles. The monoisotopic (exact) mass is 343 g/mol. The van der Waals surface area contributed by atoms with Gasteiger partial charge in [0, 0.05) is 16.1 Å². The maximum absolute atomic E-state index is 6.30. The predicted octanol–water partition coefficient (Wildman–Crippen LogP) is 5.35. The van der Waals surface area contributed by atoms with Crippen molar-refractivity contribution >= 4 is 34.5 Å². The SMILES string of the molecule is CCCNC(Cc1ccc(Cl)cc1Cl)c1sccc1OC. The van der Waals surface area contributed by atoms with E-state index in [2.05, 4.69) is 17.6 Å². The lowest BCUT2D eigenvalue weighted by Gasteiger charge is -2.19. The summed E-state index contributed by atoms with van der Waals surface area (Å²) < 4.78 is 5.45. The van der Waals surface area contributed by atoms with Gasteiger partial charge in [0.1, 0.15) is 5.75 Å². The minimum absolute atomic E-state index is 0.193. The van der Waals surface area contributed by atoms with Gasteiger partial charge in [-0.1, -0.05) is 36.2 Å². The average molecular weight is 344 g/mol. The fourth-order valence-electron chi connectivity index (χ4n) is 2.22. The molecule has 1 aromatic carbocycles. The van der Waals surface area contributed by atoms with Gasteiger partial charge in [-0.15, -0.1) is 11.3 Å². The van der Waals surface area contributed by atoms with Crippen LogP contribution in [0.15, 0.2) is 29.6 Å². The molecular weight excluding hydrogens is 325 g/mol. The van der Waals surface area contributed by atoms with Gasteiger partial charge in [0.15, 0.2) is 0 Å². The number of hydrogen-bond donors (Lipinski definition) is 1. The summed E-state index contributed by atoms with van der Waals surface area (Å²) in [5, 5.41) is 7.00. The number of rotatable bonds is 7. The van der Waals surface area contributed by atoms with Gasteiger partial charge in [-0.3, -0.25) is 0 Å². The number of benzene rings is 1. The van der Waals surface area contributed by atoms with E-state index in [1.165, 1.54) is 4.88 Å². The summed E-state index contributed by atoms with van der Waals surface area (Å²) in [6.45, 7) is 3.11. The van der Waals surface area contributed by atoms with E-state index in [4.69, 9.17) is 27.9 Å². The van der Waals surface area contributed by atoms with Crippen molar-refractivity contribution in [1.29, 1.82) is 0 Å². The zero-order valence-corrected chi connectivity index (χ0v) is 14.5. The Labute approximate surface area is 140 Å². The molecule has 1 unspecified atom stereocenters. The highest BCUT2D eigenvalue weighted by Gasteiger charge is 2.19. The summed E-state index contributed by atoms with van der Waals surface area (Å²) >= 11 is 14.0. The molecule has 0 saturated carbocycles. The van der Waals surface area contributed by atoms with Crippen LogP contribution in [-0.4, -0.2) is 13.7 Å². The van der Waals surface area contributed by atoms with Crippen LogP contribution in [0.3, 0.4) is 0 Å². The van der Waals surface area contributed by atoms with Crippen molar-refractivity contribution in [1.82, 2.24) is 5.32 Å². The van der Waals surface area contributed by atoms with Crippen molar-refractivity contribution in [3.05, 3.63) is 50.1 Å². The van der Waals surface area contributed by atoms with E-state index in [1.807, 2.05) is 18.2 Å². The standard InChI is InChI=1S/C16H19Cl2NOS/c1-3-7-19-14(16-15(20-2)6-8-21-16)9-11-4-5-12(17)10-13(11)18/h4-6,8,10,14,19H,3,7,9H2,1-2H3. The molecule has 2 rings (SSSR count). The third kappa shape index (κ3) is 4.36. The summed E-state index contributed by atoms with van der Waals surface area (Å²) in [6, 6.07) is 7.86. The molecule has 0 amide bonds. The molecule has 0 fully saturated rings. The van der Waals surface area contributed by atoms with Crippen LogP contribution in [0.4, 0.5) is 0 Å². The number of hydrogen-bond acceptors (Lipinski definition) is 3. The Morgan fingerprint density at radius 1 is 1.29 bits per heavy atom. The lowest BCUT2D eigenvalue weighted by Crippen LogP contribution is -2.23. The van der Waals surface area contributed by atoms with E-state index in [9.17, 15) is 0 Å². The zero-order valence-electron chi connectivity index (χ0n) is 12.2. The Bertz CT molecular complexity index is 585. The van der Waals surface area contributed by atoms with E-state index in [-0.39, 0.29) is 6.04 Å². The largest absolute Gasteiger partial charge is 0.496 e. The van der Waals surface area contributed by atoms with Crippen LogP contribution in [0.25, 0.3) is 0 Å². The molecule has 5 heteroatoms. The van der Waals surface area contributed by atoms with Gasteiger partial charge in [0.2, 0.25) is 0 Å². The Morgan fingerprint density at radius 3 is 2.76 bits per heavy atom. The van der Waals surface area contributed by atoms with Crippen LogP contribution in [0.2, 0.25) is 10.0 Å². The van der Waals surface area contributed by atoms with Crippen LogP contribution in [0.5, 0.6) is 5.75 Å². The molecule has 0 bridgehead atoms. The molecule has 0 aliphatic rings. The molecule has 114 valence electrons. The van der Waals surface area contributed by atoms with E-state index >= 15 is 0 Å². The summed E-state index contributed by atoms with van der Waals surface area (Å²) in [7, 11) is 1.71. The Hall–Kier alpha value is -0.740. The van der Waals surface area contributed by atoms with E-state index in [1.54, 1.807) is 24.5 Å². The summed E-state index contributed by atoms with van der Waals surface area (Å²) in [5.74, 6) is 0.929. The van der Waals surface area contributed by atoms with Crippen LogP contribution in [0.1, 0.15) is 29.8 Å². The second-order valence-corrected chi connectivity index (χ2v) is 6.59. The highest BCUT2D eigenvalue weighted by molar-refractivity contribution is 7.10. The molecule has 1 aromatic heterocycles. The van der Waals surface area contributed by atoms with Gasteiger partial charge in [-0.2, -0.15) is 0 Å². The fraction of sp³-hybridized carbons (Fsp3) is 0.375. The minimum atomic E-state index is 0.193. The van der Waals surface area contributed by atoms with Crippen molar-refractivity contribution in [2.24, 2.45) is 0 Å².